The second-order valence-corrected chi connectivity index (χ2v) is 4.48. The van der Waals surface area contributed by atoms with E-state index in [0.717, 1.165) is 0 Å². The Kier molecular flexibility index (Phi) is 2.38. The van der Waals surface area contributed by atoms with Crippen molar-refractivity contribution < 1.29 is 9.53 Å². The van der Waals surface area contributed by atoms with Gasteiger partial charge in [-0.2, -0.15) is 0 Å². The van der Waals surface area contributed by atoms with Gasteiger partial charge in [-0.15, -0.1) is 10.2 Å². The third kappa shape index (κ3) is 1.58. The molecule has 0 unspecified atom stereocenters. The van der Waals surface area contributed by atoms with E-state index in [9.17, 15) is 4.79 Å². The Bertz CT molecular complexity index is 500. The van der Waals surface area contributed by atoms with E-state index < -0.39 is 5.97 Å². The summed E-state index contributed by atoms with van der Waals surface area (Å²) in [5, 5.41) is 7.31. The van der Waals surface area contributed by atoms with Crippen LogP contribution in [0.2, 0.25) is 0 Å². The van der Waals surface area contributed by atoms with Crippen molar-refractivity contribution in [1.82, 2.24) is 20.2 Å². The number of ether oxygens (including phenoxy) is 1. The normalized spacial score (nSPS) is 10.4. The summed E-state index contributed by atoms with van der Waals surface area (Å²) in [7, 11) is 1.26. The average molecular weight is 275 g/mol. The molecule has 0 amide bonds. The van der Waals surface area contributed by atoms with Crippen LogP contribution < -0.4 is 0 Å². The first kappa shape index (κ1) is 9.41. The number of carbonyl (C=O) groups excluding carboxylic acids is 1. The zero-order chi connectivity index (χ0) is 10.1. The molecule has 0 N–H and O–H groups in total. The van der Waals surface area contributed by atoms with Gasteiger partial charge in [-0.1, -0.05) is 11.3 Å². The van der Waals surface area contributed by atoms with Crippen LogP contribution in [0.1, 0.15) is 10.6 Å². The quantitative estimate of drug-likeness (QED) is 0.723. The van der Waals surface area contributed by atoms with Gasteiger partial charge in [0.25, 0.3) is 5.82 Å². The fourth-order valence-corrected chi connectivity index (χ4v) is 2.04. The number of methoxy groups -OCH3 is 1. The summed E-state index contributed by atoms with van der Waals surface area (Å²) in [6, 6.07) is 0. The largest absolute Gasteiger partial charge is 0.463 e. The van der Waals surface area contributed by atoms with Crippen LogP contribution >= 0.6 is 27.3 Å². The number of thiazole rings is 1. The van der Waals surface area contributed by atoms with Crippen LogP contribution in [0.3, 0.4) is 0 Å². The molecule has 14 heavy (non-hydrogen) atoms. The number of rotatable bonds is 1. The van der Waals surface area contributed by atoms with Crippen molar-refractivity contribution in [3.8, 4) is 0 Å². The van der Waals surface area contributed by atoms with Crippen LogP contribution in [0.25, 0.3) is 10.5 Å². The molecule has 0 fully saturated rings. The lowest BCUT2D eigenvalue weighted by molar-refractivity contribution is 0.0586. The molecule has 0 radical (unpaired) electrons. The lowest BCUT2D eigenvalue weighted by atomic mass is 10.6. The Balaban J connectivity index is 2.55. The number of carbonyl (C=O) groups is 1. The highest BCUT2D eigenvalue weighted by Crippen LogP contribution is 2.22. The monoisotopic (exact) mass is 274 g/mol. The smallest absolute Gasteiger partial charge is 0.378 e. The highest BCUT2D eigenvalue weighted by molar-refractivity contribution is 9.11. The molecule has 0 aromatic carbocycles. The molecule has 0 spiro atoms. The molecule has 0 aliphatic rings. The van der Waals surface area contributed by atoms with Crippen molar-refractivity contribution in [3.63, 3.8) is 0 Å². The Hall–Kier alpha value is -1.15. The Morgan fingerprint density at radius 2 is 2.21 bits per heavy atom. The maximum Gasteiger partial charge on any atom is 0.378 e. The first-order chi connectivity index (χ1) is 6.70. The molecule has 2 heterocycles. The van der Waals surface area contributed by atoms with E-state index in [4.69, 9.17) is 0 Å². The predicted molar refractivity (Wildman–Crippen MR) is 52.0 cm³/mol. The van der Waals surface area contributed by atoms with Gasteiger partial charge in [-0.3, -0.25) is 0 Å². The molecule has 2 aromatic heterocycles. The van der Waals surface area contributed by atoms with Crippen LogP contribution in [0, 0.1) is 0 Å². The molecular formula is C6H3BrN4O2S. The van der Waals surface area contributed by atoms with Gasteiger partial charge in [0.15, 0.2) is 8.75 Å². The summed E-state index contributed by atoms with van der Waals surface area (Å²) in [6.45, 7) is 0. The molecule has 72 valence electrons. The molecule has 0 saturated carbocycles. The molecule has 8 heteroatoms. The first-order valence-corrected chi connectivity index (χ1v) is 5.06. The van der Waals surface area contributed by atoms with Crippen LogP contribution in [0.4, 0.5) is 0 Å². The second kappa shape index (κ2) is 3.54. The predicted octanol–water partition coefficient (Wildman–Crippen LogP) is 1.03. The number of esters is 1. The second-order valence-electron chi connectivity index (χ2n) is 2.22. The highest BCUT2D eigenvalue weighted by atomic mass is 79.9. The number of fused-ring (bicyclic) bond motifs is 1. The van der Waals surface area contributed by atoms with Gasteiger partial charge in [0, 0.05) is 0 Å². The molecule has 2 rings (SSSR count). The molecule has 2 aromatic rings. The van der Waals surface area contributed by atoms with Gasteiger partial charge in [-0.25, -0.2) is 14.8 Å². The Morgan fingerprint density at radius 1 is 1.43 bits per heavy atom. The average Bonchev–Trinajstić information content (AvgIpc) is 2.55. The van der Waals surface area contributed by atoms with Crippen molar-refractivity contribution in [2.45, 2.75) is 0 Å². The van der Waals surface area contributed by atoms with Crippen LogP contribution in [-0.2, 0) is 4.74 Å². The highest BCUT2D eigenvalue weighted by Gasteiger charge is 2.13. The summed E-state index contributed by atoms with van der Waals surface area (Å²) >= 11 is 4.47. The zero-order valence-electron chi connectivity index (χ0n) is 6.89. The minimum absolute atomic E-state index is 0.0591. The minimum atomic E-state index is -0.607. The fourth-order valence-electron chi connectivity index (χ4n) is 0.808. The van der Waals surface area contributed by atoms with Crippen molar-refractivity contribution in [2.75, 3.05) is 7.11 Å². The molecule has 6 nitrogen and oxygen atoms in total. The van der Waals surface area contributed by atoms with E-state index in [2.05, 4.69) is 40.8 Å². The number of hydrogen-bond donors (Lipinski definition) is 0. The molecule has 0 saturated heterocycles. The standard InChI is InChI=1S/C6H3BrN4O2S/c1-13-5(12)3-8-4-2(10-11-3)9-6(7)14-4/h1H3. The van der Waals surface area contributed by atoms with Gasteiger partial charge in [0.05, 0.1) is 7.11 Å². The number of hydrogen-bond acceptors (Lipinski definition) is 7. The third-order valence-electron chi connectivity index (χ3n) is 1.38. The van der Waals surface area contributed by atoms with Crippen molar-refractivity contribution in [3.05, 3.63) is 9.74 Å². The fraction of sp³-hybridized carbons (Fsp3) is 0.167. The SMILES string of the molecule is COC(=O)c1nnc2nc(Br)sc2n1. The molecule has 0 bridgehead atoms. The first-order valence-electron chi connectivity index (χ1n) is 3.46. The Labute approximate surface area is 90.5 Å². The molecule has 0 aliphatic carbocycles. The summed E-state index contributed by atoms with van der Waals surface area (Å²) in [4.78, 5) is 19.5. The minimum Gasteiger partial charge on any atom is -0.463 e. The lowest BCUT2D eigenvalue weighted by Crippen LogP contribution is -2.08. The van der Waals surface area contributed by atoms with E-state index in [1.54, 1.807) is 0 Å². The number of halogens is 1. The molecule has 0 atom stereocenters. The zero-order valence-corrected chi connectivity index (χ0v) is 9.29. The van der Waals surface area contributed by atoms with Crippen molar-refractivity contribution in [1.29, 1.82) is 0 Å². The van der Waals surface area contributed by atoms with Gasteiger partial charge in [-0.05, 0) is 15.9 Å². The molecular weight excluding hydrogens is 272 g/mol. The van der Waals surface area contributed by atoms with E-state index in [-0.39, 0.29) is 5.82 Å². The maximum atomic E-state index is 11.0. The topological polar surface area (TPSA) is 77.9 Å². The Morgan fingerprint density at radius 3 is 2.93 bits per heavy atom. The van der Waals surface area contributed by atoms with Crippen LogP contribution in [0.15, 0.2) is 3.92 Å². The van der Waals surface area contributed by atoms with Crippen molar-refractivity contribution in [2.24, 2.45) is 0 Å². The van der Waals surface area contributed by atoms with Crippen molar-refractivity contribution >= 4 is 43.7 Å². The summed E-state index contributed by atoms with van der Waals surface area (Å²) in [5.74, 6) is -0.667. The number of aromatic nitrogens is 4. The van der Waals surface area contributed by atoms with Crippen LogP contribution in [0.5, 0.6) is 0 Å². The maximum absolute atomic E-state index is 11.0. The summed E-state index contributed by atoms with van der Waals surface area (Å²) in [5.41, 5.74) is 0.412. The van der Waals surface area contributed by atoms with Crippen LogP contribution in [-0.4, -0.2) is 33.2 Å². The molecule has 0 aliphatic heterocycles. The van der Waals surface area contributed by atoms with E-state index in [1.165, 1.54) is 18.4 Å². The lowest BCUT2D eigenvalue weighted by Gasteiger charge is -1.94. The van der Waals surface area contributed by atoms with Gasteiger partial charge in [0.2, 0.25) is 5.65 Å². The van der Waals surface area contributed by atoms with E-state index in [0.29, 0.717) is 14.4 Å². The van der Waals surface area contributed by atoms with E-state index in [1.807, 2.05) is 0 Å². The third-order valence-corrected chi connectivity index (χ3v) is 2.77. The van der Waals surface area contributed by atoms with Gasteiger partial charge < -0.3 is 4.74 Å². The van der Waals surface area contributed by atoms with Gasteiger partial charge in [0.1, 0.15) is 0 Å². The summed E-state index contributed by atoms with van der Waals surface area (Å²) < 4.78 is 5.11. The summed E-state index contributed by atoms with van der Waals surface area (Å²) in [6.07, 6.45) is 0. The number of nitrogens with zero attached hydrogens (tertiary/aromatic N) is 4. The van der Waals surface area contributed by atoms with Gasteiger partial charge >= 0.3 is 5.97 Å². The van der Waals surface area contributed by atoms with E-state index >= 15 is 0 Å².